The van der Waals surface area contributed by atoms with E-state index < -0.39 is 5.97 Å². The van der Waals surface area contributed by atoms with Crippen LogP contribution in [0.5, 0.6) is 0 Å². The van der Waals surface area contributed by atoms with Crippen molar-refractivity contribution in [3.63, 3.8) is 0 Å². The number of carbonyl (C=O) groups is 1. The molecule has 0 saturated carbocycles. The lowest BCUT2D eigenvalue weighted by Crippen LogP contribution is -2.36. The van der Waals surface area contributed by atoms with Crippen molar-refractivity contribution >= 4 is 11.9 Å². The van der Waals surface area contributed by atoms with Crippen molar-refractivity contribution in [3.05, 3.63) is 12.7 Å². The molecule has 0 aromatic heterocycles. The Hall–Kier alpha value is -1.32. The second-order valence-corrected chi connectivity index (χ2v) is 3.73. The molecule has 0 N–H and O–H groups in total. The van der Waals surface area contributed by atoms with E-state index in [4.69, 9.17) is 9.47 Å². The van der Waals surface area contributed by atoms with Crippen LogP contribution in [0.25, 0.3) is 0 Å². The van der Waals surface area contributed by atoms with Gasteiger partial charge in [-0.05, 0) is 13.8 Å². The summed E-state index contributed by atoms with van der Waals surface area (Å²) in [6, 6.07) is 0. The number of aliphatic imine (C=N–C) groups is 1. The fourth-order valence-corrected chi connectivity index (χ4v) is 1.31. The quantitative estimate of drug-likeness (QED) is 0.506. The van der Waals surface area contributed by atoms with Crippen molar-refractivity contribution in [1.29, 1.82) is 0 Å². The Morgan fingerprint density at radius 1 is 1.79 bits per heavy atom. The minimum Gasteiger partial charge on any atom is -0.472 e. The highest BCUT2D eigenvalue weighted by Crippen LogP contribution is 2.25. The van der Waals surface area contributed by atoms with Gasteiger partial charge in [0, 0.05) is 13.0 Å². The van der Waals surface area contributed by atoms with Crippen LogP contribution in [-0.4, -0.2) is 30.1 Å². The molecular formula is C10H15NO3. The summed E-state index contributed by atoms with van der Waals surface area (Å²) < 4.78 is 10.3. The van der Waals surface area contributed by atoms with Gasteiger partial charge in [0.15, 0.2) is 12.0 Å². The van der Waals surface area contributed by atoms with E-state index in [0.29, 0.717) is 5.90 Å². The molecule has 0 aliphatic carbocycles. The topological polar surface area (TPSA) is 47.9 Å². The first-order chi connectivity index (χ1) is 6.45. The van der Waals surface area contributed by atoms with Crippen LogP contribution in [0.1, 0.15) is 20.8 Å². The molecule has 1 atom stereocenters. The van der Waals surface area contributed by atoms with Gasteiger partial charge in [-0.2, -0.15) is 0 Å². The van der Waals surface area contributed by atoms with Crippen LogP contribution < -0.4 is 0 Å². The maximum atomic E-state index is 10.8. The molecule has 0 radical (unpaired) electrons. The largest absolute Gasteiger partial charge is 0.472 e. The highest BCUT2D eigenvalue weighted by Gasteiger charge is 2.37. The van der Waals surface area contributed by atoms with E-state index in [1.165, 1.54) is 0 Å². The van der Waals surface area contributed by atoms with E-state index in [0.717, 1.165) is 6.08 Å². The third-order valence-electron chi connectivity index (χ3n) is 2.09. The van der Waals surface area contributed by atoms with Gasteiger partial charge < -0.3 is 9.47 Å². The molecule has 78 valence electrons. The molecule has 0 saturated heterocycles. The fraction of sp³-hybridized carbons (Fsp3) is 0.600. The second-order valence-electron chi connectivity index (χ2n) is 3.73. The fourth-order valence-electron chi connectivity index (χ4n) is 1.31. The van der Waals surface area contributed by atoms with Crippen molar-refractivity contribution in [2.75, 3.05) is 6.61 Å². The Morgan fingerprint density at radius 2 is 2.43 bits per heavy atom. The van der Waals surface area contributed by atoms with Gasteiger partial charge in [0.2, 0.25) is 0 Å². The Balaban J connectivity index is 2.48. The van der Waals surface area contributed by atoms with Crippen molar-refractivity contribution < 1.29 is 14.3 Å². The Labute approximate surface area is 83.6 Å². The number of hydrogen-bond donors (Lipinski definition) is 0. The third-order valence-corrected chi connectivity index (χ3v) is 2.09. The molecule has 0 spiro atoms. The van der Waals surface area contributed by atoms with Gasteiger partial charge in [0.05, 0.1) is 5.54 Å². The standard InChI is InChI=1S/C10H15NO3/c1-5-9(12)13-6-8-10(3,4)11-7(2)14-8/h5,8H,1,6H2,2-4H3. The first-order valence-corrected chi connectivity index (χ1v) is 4.48. The number of carbonyl (C=O) groups excluding carboxylic acids is 1. The zero-order chi connectivity index (χ0) is 10.8. The molecule has 1 rings (SSSR count). The lowest BCUT2D eigenvalue weighted by Gasteiger charge is -2.22. The van der Waals surface area contributed by atoms with Crippen molar-refractivity contribution in [2.24, 2.45) is 4.99 Å². The number of esters is 1. The molecule has 0 amide bonds. The monoisotopic (exact) mass is 197 g/mol. The molecule has 0 fully saturated rings. The second kappa shape index (κ2) is 3.82. The number of rotatable bonds is 3. The summed E-state index contributed by atoms with van der Waals surface area (Å²) in [5.41, 5.74) is -0.328. The minimum absolute atomic E-state index is 0.202. The van der Waals surface area contributed by atoms with E-state index in [-0.39, 0.29) is 18.2 Å². The predicted octanol–water partition coefficient (Wildman–Crippen LogP) is 1.31. The molecular weight excluding hydrogens is 182 g/mol. The predicted molar refractivity (Wildman–Crippen MR) is 53.2 cm³/mol. The maximum absolute atomic E-state index is 10.8. The average molecular weight is 197 g/mol. The Kier molecular flexibility index (Phi) is 2.93. The molecule has 1 heterocycles. The summed E-state index contributed by atoms with van der Waals surface area (Å²) in [5.74, 6) is 0.198. The molecule has 1 unspecified atom stereocenters. The van der Waals surface area contributed by atoms with Crippen LogP contribution >= 0.6 is 0 Å². The van der Waals surface area contributed by atoms with Crippen LogP contribution in [0, 0.1) is 0 Å². The van der Waals surface area contributed by atoms with E-state index >= 15 is 0 Å². The molecule has 0 bridgehead atoms. The van der Waals surface area contributed by atoms with Crippen LogP contribution in [0.15, 0.2) is 17.6 Å². The summed E-state index contributed by atoms with van der Waals surface area (Å²) in [6.07, 6.45) is 0.932. The van der Waals surface area contributed by atoms with Crippen LogP contribution in [0.3, 0.4) is 0 Å². The van der Waals surface area contributed by atoms with Crippen molar-refractivity contribution in [2.45, 2.75) is 32.4 Å². The van der Waals surface area contributed by atoms with Gasteiger partial charge >= 0.3 is 5.97 Å². The summed E-state index contributed by atoms with van der Waals surface area (Å²) in [5, 5.41) is 0. The lowest BCUT2D eigenvalue weighted by atomic mass is 10.00. The molecule has 0 aromatic rings. The first kappa shape index (κ1) is 10.8. The minimum atomic E-state index is -0.436. The zero-order valence-corrected chi connectivity index (χ0v) is 8.74. The van der Waals surface area contributed by atoms with Crippen molar-refractivity contribution in [3.8, 4) is 0 Å². The van der Waals surface area contributed by atoms with Crippen molar-refractivity contribution in [1.82, 2.24) is 0 Å². The van der Waals surface area contributed by atoms with E-state index in [1.54, 1.807) is 6.92 Å². The molecule has 4 nitrogen and oxygen atoms in total. The van der Waals surface area contributed by atoms with Gasteiger partial charge in [-0.25, -0.2) is 9.79 Å². The number of ether oxygens (including phenoxy) is 2. The summed E-state index contributed by atoms with van der Waals surface area (Å²) >= 11 is 0. The van der Waals surface area contributed by atoms with Gasteiger partial charge in [0.25, 0.3) is 0 Å². The number of hydrogen-bond acceptors (Lipinski definition) is 4. The van der Waals surface area contributed by atoms with Gasteiger partial charge in [0.1, 0.15) is 6.61 Å². The molecule has 0 aromatic carbocycles. The van der Waals surface area contributed by atoms with Gasteiger partial charge in [-0.1, -0.05) is 6.58 Å². The molecule has 4 heteroatoms. The van der Waals surface area contributed by atoms with Crippen LogP contribution in [0.2, 0.25) is 0 Å². The summed E-state index contributed by atoms with van der Waals surface area (Å²) in [6.45, 7) is 9.19. The SMILES string of the molecule is C=CC(=O)OCC1OC(C)=NC1(C)C. The van der Waals surface area contributed by atoms with Gasteiger partial charge in [-0.15, -0.1) is 0 Å². The van der Waals surface area contributed by atoms with E-state index in [9.17, 15) is 4.79 Å². The average Bonchev–Trinajstić information content (AvgIpc) is 2.35. The summed E-state index contributed by atoms with van der Waals surface area (Å²) in [7, 11) is 0. The highest BCUT2D eigenvalue weighted by molar-refractivity contribution is 5.81. The van der Waals surface area contributed by atoms with Crippen LogP contribution in [-0.2, 0) is 14.3 Å². The Morgan fingerprint density at radius 3 is 2.86 bits per heavy atom. The Bertz CT molecular complexity index is 281. The lowest BCUT2D eigenvalue weighted by molar-refractivity contribution is -0.140. The van der Waals surface area contributed by atoms with Crippen LogP contribution in [0.4, 0.5) is 0 Å². The number of nitrogens with zero attached hydrogens (tertiary/aromatic N) is 1. The van der Waals surface area contributed by atoms with Gasteiger partial charge in [-0.3, -0.25) is 0 Å². The highest BCUT2D eigenvalue weighted by atomic mass is 16.6. The maximum Gasteiger partial charge on any atom is 0.330 e. The summed E-state index contributed by atoms with van der Waals surface area (Å²) in [4.78, 5) is 15.1. The zero-order valence-electron chi connectivity index (χ0n) is 8.74. The molecule has 14 heavy (non-hydrogen) atoms. The third kappa shape index (κ3) is 2.34. The normalized spacial score (nSPS) is 23.6. The smallest absolute Gasteiger partial charge is 0.330 e. The van der Waals surface area contributed by atoms with E-state index in [1.807, 2.05) is 13.8 Å². The molecule has 1 aliphatic rings. The first-order valence-electron chi connectivity index (χ1n) is 4.48. The molecule has 1 aliphatic heterocycles. The van der Waals surface area contributed by atoms with E-state index in [2.05, 4.69) is 11.6 Å².